The minimum atomic E-state index is -0.449. The third-order valence-electron chi connectivity index (χ3n) is 5.04. The number of para-hydroxylation sites is 1. The lowest BCUT2D eigenvalue weighted by Gasteiger charge is -2.41. The number of fused-ring (bicyclic) bond motifs is 2. The highest BCUT2D eigenvalue weighted by Gasteiger charge is 2.42. The molecular weight excluding hydrogens is 326 g/mol. The zero-order chi connectivity index (χ0) is 16.8. The summed E-state index contributed by atoms with van der Waals surface area (Å²) >= 11 is 6.20. The third kappa shape index (κ3) is 2.35. The molecule has 4 rings (SSSR count). The topological polar surface area (TPSA) is 53.5 Å². The number of hydrogen-bond acceptors (Lipinski definition) is 3. The van der Waals surface area contributed by atoms with Crippen molar-refractivity contribution in [1.82, 2.24) is 14.8 Å². The molecule has 24 heavy (non-hydrogen) atoms. The summed E-state index contributed by atoms with van der Waals surface area (Å²) in [5.74, 6) is -0.167. The molecule has 2 aliphatic rings. The average molecular weight is 344 g/mol. The van der Waals surface area contributed by atoms with Crippen molar-refractivity contribution in [1.29, 1.82) is 0 Å². The summed E-state index contributed by atoms with van der Waals surface area (Å²) in [6.45, 7) is 3.18. The van der Waals surface area contributed by atoms with Gasteiger partial charge in [0.2, 0.25) is 5.91 Å². The number of halogens is 1. The van der Waals surface area contributed by atoms with Crippen molar-refractivity contribution in [3.63, 3.8) is 0 Å². The SMILES string of the molecule is C[C@H]1C(=O)N2CCC[C@@H]2CN1C(=O)c1ccc2cccc(Cl)c2n1. The van der Waals surface area contributed by atoms with Gasteiger partial charge in [-0.05, 0) is 31.9 Å². The molecule has 2 aliphatic heterocycles. The van der Waals surface area contributed by atoms with E-state index in [0.29, 0.717) is 22.8 Å². The molecule has 0 saturated carbocycles. The van der Waals surface area contributed by atoms with E-state index in [1.165, 1.54) is 0 Å². The van der Waals surface area contributed by atoms with E-state index in [1.807, 2.05) is 23.1 Å². The van der Waals surface area contributed by atoms with Crippen molar-refractivity contribution in [2.45, 2.75) is 31.8 Å². The first-order valence-electron chi connectivity index (χ1n) is 8.23. The first kappa shape index (κ1) is 15.4. The lowest BCUT2D eigenvalue weighted by Crippen LogP contribution is -2.60. The second-order valence-corrected chi connectivity index (χ2v) is 6.88. The summed E-state index contributed by atoms with van der Waals surface area (Å²) in [5, 5.41) is 1.41. The van der Waals surface area contributed by atoms with Crippen LogP contribution in [0.5, 0.6) is 0 Å². The van der Waals surface area contributed by atoms with Gasteiger partial charge in [0.25, 0.3) is 5.91 Å². The van der Waals surface area contributed by atoms with E-state index in [1.54, 1.807) is 24.0 Å². The van der Waals surface area contributed by atoms with Crippen LogP contribution in [0.4, 0.5) is 0 Å². The van der Waals surface area contributed by atoms with Crippen molar-refractivity contribution in [2.24, 2.45) is 0 Å². The maximum absolute atomic E-state index is 12.9. The number of carbonyl (C=O) groups excluding carboxylic acids is 2. The molecule has 0 radical (unpaired) electrons. The Morgan fingerprint density at radius 3 is 2.96 bits per heavy atom. The highest BCUT2D eigenvalue weighted by molar-refractivity contribution is 6.35. The van der Waals surface area contributed by atoms with Gasteiger partial charge in [-0.2, -0.15) is 0 Å². The molecule has 2 fully saturated rings. The average Bonchev–Trinajstić information content (AvgIpc) is 3.06. The fraction of sp³-hybridized carbons (Fsp3) is 0.389. The number of rotatable bonds is 1. The molecule has 124 valence electrons. The van der Waals surface area contributed by atoms with Gasteiger partial charge in [0, 0.05) is 24.5 Å². The molecule has 5 nitrogen and oxygen atoms in total. The number of amides is 2. The number of hydrogen-bond donors (Lipinski definition) is 0. The molecule has 2 aromatic rings. The summed E-state index contributed by atoms with van der Waals surface area (Å²) < 4.78 is 0. The third-order valence-corrected chi connectivity index (χ3v) is 5.35. The first-order valence-corrected chi connectivity index (χ1v) is 8.61. The van der Waals surface area contributed by atoms with Gasteiger partial charge in [0.1, 0.15) is 11.7 Å². The van der Waals surface area contributed by atoms with Crippen LogP contribution in [-0.4, -0.2) is 51.8 Å². The Balaban J connectivity index is 1.68. The van der Waals surface area contributed by atoms with Crippen LogP contribution < -0.4 is 0 Å². The molecule has 0 aliphatic carbocycles. The van der Waals surface area contributed by atoms with E-state index in [0.717, 1.165) is 24.8 Å². The summed E-state index contributed by atoms with van der Waals surface area (Å²) in [4.78, 5) is 33.5. The van der Waals surface area contributed by atoms with Crippen LogP contribution >= 0.6 is 11.6 Å². The summed E-state index contributed by atoms with van der Waals surface area (Å²) in [6, 6.07) is 8.77. The minimum Gasteiger partial charge on any atom is -0.336 e. The Hall–Kier alpha value is -2.14. The monoisotopic (exact) mass is 343 g/mol. The minimum absolute atomic E-state index is 0.0379. The van der Waals surface area contributed by atoms with Gasteiger partial charge < -0.3 is 9.80 Å². The van der Waals surface area contributed by atoms with Crippen molar-refractivity contribution < 1.29 is 9.59 Å². The van der Waals surface area contributed by atoms with Crippen molar-refractivity contribution in [3.8, 4) is 0 Å². The predicted molar refractivity (Wildman–Crippen MR) is 92.0 cm³/mol. The quantitative estimate of drug-likeness (QED) is 0.800. The molecule has 6 heteroatoms. The Morgan fingerprint density at radius 1 is 1.29 bits per heavy atom. The van der Waals surface area contributed by atoms with E-state index in [9.17, 15) is 9.59 Å². The second-order valence-electron chi connectivity index (χ2n) is 6.47. The van der Waals surface area contributed by atoms with Gasteiger partial charge in [0.15, 0.2) is 0 Å². The normalized spacial score (nSPS) is 23.7. The summed E-state index contributed by atoms with van der Waals surface area (Å²) in [6.07, 6.45) is 1.97. The molecule has 0 spiro atoms. The zero-order valence-electron chi connectivity index (χ0n) is 13.4. The molecule has 2 saturated heterocycles. The van der Waals surface area contributed by atoms with Crippen LogP contribution in [0.15, 0.2) is 30.3 Å². The van der Waals surface area contributed by atoms with Gasteiger partial charge in [0.05, 0.1) is 10.5 Å². The molecule has 2 amide bonds. The smallest absolute Gasteiger partial charge is 0.273 e. The molecule has 0 unspecified atom stereocenters. The molecule has 3 heterocycles. The Morgan fingerprint density at radius 2 is 2.12 bits per heavy atom. The van der Waals surface area contributed by atoms with E-state index < -0.39 is 6.04 Å². The number of nitrogens with zero attached hydrogens (tertiary/aromatic N) is 3. The summed E-state index contributed by atoms with van der Waals surface area (Å²) in [7, 11) is 0. The molecule has 0 N–H and O–H groups in total. The standard InChI is InChI=1S/C18H18ClN3O2/c1-11-17(23)21-9-3-5-13(21)10-22(11)18(24)15-8-7-12-4-2-6-14(19)16(12)20-15/h2,4,6-8,11,13H,3,5,9-10H2,1H3/t11-,13+/m0/s1. The zero-order valence-corrected chi connectivity index (χ0v) is 14.2. The molecular formula is C18H18ClN3O2. The fourth-order valence-electron chi connectivity index (χ4n) is 3.71. The van der Waals surface area contributed by atoms with E-state index in [4.69, 9.17) is 11.6 Å². The number of benzene rings is 1. The second kappa shape index (κ2) is 5.74. The number of pyridine rings is 1. The lowest BCUT2D eigenvalue weighted by atomic mass is 10.1. The van der Waals surface area contributed by atoms with Gasteiger partial charge in [-0.15, -0.1) is 0 Å². The van der Waals surface area contributed by atoms with Crippen LogP contribution in [-0.2, 0) is 4.79 Å². The summed E-state index contributed by atoms with van der Waals surface area (Å²) in [5.41, 5.74) is 0.949. The maximum atomic E-state index is 12.9. The number of piperazine rings is 1. The van der Waals surface area contributed by atoms with Crippen molar-refractivity contribution in [2.75, 3.05) is 13.1 Å². The highest BCUT2D eigenvalue weighted by atomic mass is 35.5. The molecule has 1 aromatic carbocycles. The van der Waals surface area contributed by atoms with Crippen molar-refractivity contribution >= 4 is 34.3 Å². The van der Waals surface area contributed by atoms with Crippen LogP contribution in [0.25, 0.3) is 10.9 Å². The Bertz CT molecular complexity index is 838. The Labute approximate surface area is 145 Å². The van der Waals surface area contributed by atoms with E-state index >= 15 is 0 Å². The molecule has 2 atom stereocenters. The largest absolute Gasteiger partial charge is 0.336 e. The molecule has 0 bridgehead atoms. The maximum Gasteiger partial charge on any atom is 0.273 e. The van der Waals surface area contributed by atoms with Gasteiger partial charge in [-0.1, -0.05) is 29.8 Å². The van der Waals surface area contributed by atoms with E-state index in [-0.39, 0.29) is 17.9 Å². The fourth-order valence-corrected chi connectivity index (χ4v) is 3.93. The van der Waals surface area contributed by atoms with Gasteiger partial charge >= 0.3 is 0 Å². The van der Waals surface area contributed by atoms with Crippen LogP contribution in [0.3, 0.4) is 0 Å². The van der Waals surface area contributed by atoms with Crippen LogP contribution in [0.1, 0.15) is 30.3 Å². The van der Waals surface area contributed by atoms with Crippen molar-refractivity contribution in [3.05, 3.63) is 41.0 Å². The highest BCUT2D eigenvalue weighted by Crippen LogP contribution is 2.27. The lowest BCUT2D eigenvalue weighted by molar-refractivity contribution is -0.141. The van der Waals surface area contributed by atoms with Gasteiger partial charge in [-0.25, -0.2) is 4.98 Å². The van der Waals surface area contributed by atoms with Crippen LogP contribution in [0, 0.1) is 0 Å². The Kier molecular flexibility index (Phi) is 3.68. The van der Waals surface area contributed by atoms with E-state index in [2.05, 4.69) is 4.98 Å². The number of aromatic nitrogens is 1. The number of carbonyl (C=O) groups is 2. The predicted octanol–water partition coefficient (Wildman–Crippen LogP) is 2.72. The van der Waals surface area contributed by atoms with Gasteiger partial charge in [-0.3, -0.25) is 9.59 Å². The van der Waals surface area contributed by atoms with Crippen LogP contribution in [0.2, 0.25) is 5.02 Å². The molecule has 1 aromatic heterocycles. The first-order chi connectivity index (χ1) is 11.6.